The van der Waals surface area contributed by atoms with E-state index in [9.17, 15) is 0 Å². The smallest absolute Gasteiger partial charge is 0.0751 e. The quantitative estimate of drug-likeness (QED) is 0.882. The Hall–Kier alpha value is -1.54. The second kappa shape index (κ2) is 4.99. The van der Waals surface area contributed by atoms with Gasteiger partial charge in [-0.2, -0.15) is 0 Å². The molecule has 2 atom stereocenters. The molecule has 2 nitrogen and oxygen atoms in total. The summed E-state index contributed by atoms with van der Waals surface area (Å²) in [4.78, 5) is 0. The van der Waals surface area contributed by atoms with Crippen LogP contribution in [0.3, 0.4) is 0 Å². The van der Waals surface area contributed by atoms with E-state index in [1.165, 1.54) is 29.3 Å². The highest BCUT2D eigenvalue weighted by Gasteiger charge is 2.21. The largest absolute Gasteiger partial charge is 0.382 e. The van der Waals surface area contributed by atoms with Crippen LogP contribution in [0, 0.1) is 0 Å². The number of fused-ring (bicyclic) bond motifs is 1. The van der Waals surface area contributed by atoms with Gasteiger partial charge in [-0.25, -0.2) is 0 Å². The van der Waals surface area contributed by atoms with Crippen LogP contribution >= 0.6 is 0 Å². The standard InChI is InChI=1S/C16H19NO/c1-12-6-9-16(18-12)11-17-15-8-7-13-4-2-3-5-14(13)10-15/h2-5,7-8,10,12,16-17H,6,9,11H2,1H3. The summed E-state index contributed by atoms with van der Waals surface area (Å²) in [6.07, 6.45) is 3.14. The number of anilines is 1. The second-order valence-electron chi connectivity index (χ2n) is 5.09. The molecule has 2 heteroatoms. The minimum absolute atomic E-state index is 0.367. The predicted molar refractivity (Wildman–Crippen MR) is 76.0 cm³/mol. The van der Waals surface area contributed by atoms with Crippen molar-refractivity contribution in [2.45, 2.75) is 32.0 Å². The molecule has 94 valence electrons. The first-order valence-electron chi connectivity index (χ1n) is 6.69. The van der Waals surface area contributed by atoms with Gasteiger partial charge in [0, 0.05) is 12.2 Å². The summed E-state index contributed by atoms with van der Waals surface area (Å²) >= 11 is 0. The van der Waals surface area contributed by atoms with Crippen LogP contribution in [0.2, 0.25) is 0 Å². The lowest BCUT2D eigenvalue weighted by Crippen LogP contribution is -2.19. The van der Waals surface area contributed by atoms with E-state index < -0.39 is 0 Å². The molecule has 1 aliphatic rings. The first-order valence-corrected chi connectivity index (χ1v) is 6.69. The van der Waals surface area contributed by atoms with Crippen molar-refractivity contribution >= 4 is 16.5 Å². The Bertz CT molecular complexity index is 537. The third kappa shape index (κ3) is 2.49. The third-order valence-corrected chi connectivity index (χ3v) is 3.60. The average Bonchev–Trinajstić information content (AvgIpc) is 2.82. The van der Waals surface area contributed by atoms with Gasteiger partial charge in [-0.05, 0) is 42.7 Å². The molecular formula is C16H19NO. The first-order chi connectivity index (χ1) is 8.81. The van der Waals surface area contributed by atoms with E-state index in [0.29, 0.717) is 12.2 Å². The number of hydrogen-bond acceptors (Lipinski definition) is 2. The monoisotopic (exact) mass is 241 g/mol. The van der Waals surface area contributed by atoms with E-state index in [2.05, 4.69) is 54.7 Å². The summed E-state index contributed by atoms with van der Waals surface area (Å²) in [5.74, 6) is 0. The van der Waals surface area contributed by atoms with Crippen LogP contribution < -0.4 is 5.32 Å². The van der Waals surface area contributed by atoms with Gasteiger partial charge in [-0.3, -0.25) is 0 Å². The highest BCUT2D eigenvalue weighted by atomic mass is 16.5. The van der Waals surface area contributed by atoms with Crippen molar-refractivity contribution < 1.29 is 4.74 Å². The SMILES string of the molecule is CC1CCC(CNc2ccc3ccccc3c2)O1. The van der Waals surface area contributed by atoms with Crippen molar-refractivity contribution in [3.05, 3.63) is 42.5 Å². The molecule has 0 aliphatic carbocycles. The molecule has 1 saturated heterocycles. The van der Waals surface area contributed by atoms with E-state index in [1.54, 1.807) is 0 Å². The van der Waals surface area contributed by atoms with Crippen molar-refractivity contribution in [3.8, 4) is 0 Å². The molecule has 0 radical (unpaired) electrons. The van der Waals surface area contributed by atoms with Gasteiger partial charge >= 0.3 is 0 Å². The Balaban J connectivity index is 1.67. The predicted octanol–water partition coefficient (Wildman–Crippen LogP) is 3.82. The van der Waals surface area contributed by atoms with Crippen molar-refractivity contribution in [2.24, 2.45) is 0 Å². The van der Waals surface area contributed by atoms with E-state index >= 15 is 0 Å². The number of ether oxygens (including phenoxy) is 1. The van der Waals surface area contributed by atoms with E-state index in [-0.39, 0.29) is 0 Å². The number of nitrogens with one attached hydrogen (secondary N) is 1. The molecule has 0 amide bonds. The normalized spacial score (nSPS) is 23.4. The zero-order valence-corrected chi connectivity index (χ0v) is 10.7. The lowest BCUT2D eigenvalue weighted by atomic mass is 10.1. The summed E-state index contributed by atoms with van der Waals surface area (Å²) in [5.41, 5.74) is 1.18. The van der Waals surface area contributed by atoms with Crippen molar-refractivity contribution in [3.63, 3.8) is 0 Å². The summed E-state index contributed by atoms with van der Waals surface area (Å²) in [6, 6.07) is 14.9. The Morgan fingerprint density at radius 3 is 2.72 bits per heavy atom. The molecular weight excluding hydrogens is 222 g/mol. The highest BCUT2D eigenvalue weighted by molar-refractivity contribution is 5.85. The lowest BCUT2D eigenvalue weighted by Gasteiger charge is -2.13. The van der Waals surface area contributed by atoms with E-state index in [1.807, 2.05) is 0 Å². The molecule has 0 saturated carbocycles. The Morgan fingerprint density at radius 2 is 1.94 bits per heavy atom. The molecule has 2 aromatic rings. The van der Waals surface area contributed by atoms with Crippen molar-refractivity contribution in [1.29, 1.82) is 0 Å². The minimum Gasteiger partial charge on any atom is -0.382 e. The fourth-order valence-corrected chi connectivity index (χ4v) is 2.57. The van der Waals surface area contributed by atoms with Crippen LogP contribution in [0.1, 0.15) is 19.8 Å². The molecule has 1 heterocycles. The zero-order valence-electron chi connectivity index (χ0n) is 10.7. The van der Waals surface area contributed by atoms with Crippen LogP contribution in [0.25, 0.3) is 10.8 Å². The number of hydrogen-bond donors (Lipinski definition) is 1. The maximum absolute atomic E-state index is 5.81. The van der Waals surface area contributed by atoms with Crippen molar-refractivity contribution in [2.75, 3.05) is 11.9 Å². The van der Waals surface area contributed by atoms with Gasteiger partial charge in [0.25, 0.3) is 0 Å². The van der Waals surface area contributed by atoms with E-state index in [0.717, 1.165) is 6.54 Å². The maximum atomic E-state index is 5.81. The van der Waals surface area contributed by atoms with Gasteiger partial charge in [0.05, 0.1) is 12.2 Å². The molecule has 2 unspecified atom stereocenters. The van der Waals surface area contributed by atoms with Crippen LogP contribution in [0.5, 0.6) is 0 Å². The molecule has 2 aromatic carbocycles. The molecule has 18 heavy (non-hydrogen) atoms. The third-order valence-electron chi connectivity index (χ3n) is 3.60. The van der Waals surface area contributed by atoms with Gasteiger partial charge in [-0.15, -0.1) is 0 Å². The Kier molecular flexibility index (Phi) is 3.20. The summed E-state index contributed by atoms with van der Waals surface area (Å²) in [6.45, 7) is 3.05. The van der Waals surface area contributed by atoms with E-state index in [4.69, 9.17) is 4.74 Å². The lowest BCUT2D eigenvalue weighted by molar-refractivity contribution is 0.0637. The second-order valence-corrected chi connectivity index (χ2v) is 5.09. The van der Waals surface area contributed by atoms with Gasteiger partial charge in [0.2, 0.25) is 0 Å². The molecule has 1 aliphatic heterocycles. The molecule has 1 N–H and O–H groups in total. The zero-order chi connectivity index (χ0) is 12.4. The van der Waals surface area contributed by atoms with Gasteiger partial charge in [0.15, 0.2) is 0 Å². The first kappa shape index (κ1) is 11.5. The molecule has 1 fully saturated rings. The molecule has 0 bridgehead atoms. The topological polar surface area (TPSA) is 21.3 Å². The Morgan fingerprint density at radius 1 is 1.11 bits per heavy atom. The molecule has 0 aromatic heterocycles. The van der Waals surface area contributed by atoms with Crippen LogP contribution in [-0.2, 0) is 4.74 Å². The maximum Gasteiger partial charge on any atom is 0.0751 e. The summed E-state index contributed by atoms with van der Waals surface area (Å²) in [7, 11) is 0. The molecule has 0 spiro atoms. The fourth-order valence-electron chi connectivity index (χ4n) is 2.57. The van der Waals surface area contributed by atoms with Gasteiger partial charge in [-0.1, -0.05) is 30.3 Å². The van der Waals surface area contributed by atoms with Crippen molar-refractivity contribution in [1.82, 2.24) is 0 Å². The fraction of sp³-hybridized carbons (Fsp3) is 0.375. The summed E-state index contributed by atoms with van der Waals surface area (Å²) in [5, 5.41) is 6.04. The van der Waals surface area contributed by atoms with Crippen LogP contribution in [0.15, 0.2) is 42.5 Å². The summed E-state index contributed by atoms with van der Waals surface area (Å²) < 4.78 is 5.81. The number of rotatable bonds is 3. The van der Waals surface area contributed by atoms with Gasteiger partial charge < -0.3 is 10.1 Å². The van der Waals surface area contributed by atoms with Gasteiger partial charge in [0.1, 0.15) is 0 Å². The van der Waals surface area contributed by atoms with Crippen LogP contribution in [-0.4, -0.2) is 18.8 Å². The average molecular weight is 241 g/mol. The highest BCUT2D eigenvalue weighted by Crippen LogP contribution is 2.21. The molecule has 3 rings (SSSR count). The van der Waals surface area contributed by atoms with Crippen LogP contribution in [0.4, 0.5) is 5.69 Å². The minimum atomic E-state index is 0.367. The number of benzene rings is 2. The Labute approximate surface area is 108 Å².